The second-order valence-electron chi connectivity index (χ2n) is 11.6. The lowest BCUT2D eigenvalue weighted by Gasteiger charge is -2.32. The van der Waals surface area contributed by atoms with Crippen LogP contribution in [-0.4, -0.2) is 104 Å². The number of amides is 5. The van der Waals surface area contributed by atoms with Crippen molar-refractivity contribution in [3.05, 3.63) is 53.1 Å². The maximum Gasteiger partial charge on any atom is 0.255 e. The number of anilines is 2. The van der Waals surface area contributed by atoms with Crippen molar-refractivity contribution < 1.29 is 33.4 Å². The summed E-state index contributed by atoms with van der Waals surface area (Å²) >= 11 is 0. The second kappa shape index (κ2) is 15.2. The van der Waals surface area contributed by atoms with Crippen LogP contribution >= 0.6 is 0 Å². The highest BCUT2D eigenvalue weighted by molar-refractivity contribution is 6.06. The van der Waals surface area contributed by atoms with Gasteiger partial charge in [0, 0.05) is 74.1 Å². The van der Waals surface area contributed by atoms with E-state index in [1.54, 1.807) is 36.4 Å². The molecule has 0 aromatic heterocycles. The molecule has 6 N–H and O–H groups in total. The lowest BCUT2D eigenvalue weighted by Crippen LogP contribution is -2.52. The van der Waals surface area contributed by atoms with Crippen molar-refractivity contribution >= 4 is 40.9 Å². The summed E-state index contributed by atoms with van der Waals surface area (Å²) in [6.07, 6.45) is 2.18. The van der Waals surface area contributed by atoms with Crippen LogP contribution in [0, 0.1) is 0 Å². The Morgan fingerprint density at radius 1 is 1.07 bits per heavy atom. The van der Waals surface area contributed by atoms with E-state index < -0.39 is 11.9 Å². The summed E-state index contributed by atoms with van der Waals surface area (Å²) in [4.78, 5) is 65.8. The number of ether oxygens (including phenoxy) is 2. The van der Waals surface area contributed by atoms with Gasteiger partial charge in [0.05, 0.1) is 19.4 Å². The number of methoxy groups -OCH3 is 1. The standard InChI is InChI=1S/C32H41N7O7/c1-45-27-17-20(5-6-24(27)33)30(42)35-21-9-13-38(14-10-21)15-11-34-12-16-46-19-29(41)36-25-4-2-3-22-23(25)18-39(32(22)44)26-7-8-28(40)37-31(26)43/h2-6,17,21,26,34H,7-16,18-19,33H2,1H3,(H,35,42)(H,36,41)(H,37,40,43). The highest BCUT2D eigenvalue weighted by atomic mass is 16.5. The predicted octanol–water partition coefficient (Wildman–Crippen LogP) is 0.478. The van der Waals surface area contributed by atoms with Crippen molar-refractivity contribution in [2.45, 2.75) is 44.3 Å². The van der Waals surface area contributed by atoms with Gasteiger partial charge in [0.25, 0.3) is 11.8 Å². The van der Waals surface area contributed by atoms with Gasteiger partial charge < -0.3 is 41.0 Å². The van der Waals surface area contributed by atoms with Crippen LogP contribution in [0.3, 0.4) is 0 Å². The van der Waals surface area contributed by atoms with Crippen LogP contribution in [0.25, 0.3) is 0 Å². The monoisotopic (exact) mass is 635 g/mol. The Morgan fingerprint density at radius 2 is 1.87 bits per heavy atom. The van der Waals surface area contributed by atoms with Crippen molar-refractivity contribution in [2.75, 3.05) is 64.1 Å². The molecule has 5 rings (SSSR count). The van der Waals surface area contributed by atoms with Gasteiger partial charge in [0.1, 0.15) is 18.4 Å². The minimum Gasteiger partial charge on any atom is -0.495 e. The van der Waals surface area contributed by atoms with Crippen LogP contribution < -0.4 is 31.7 Å². The molecule has 0 saturated carbocycles. The second-order valence-corrected chi connectivity index (χ2v) is 11.6. The van der Waals surface area contributed by atoms with E-state index in [2.05, 4.69) is 26.2 Å². The van der Waals surface area contributed by atoms with Gasteiger partial charge in [-0.2, -0.15) is 0 Å². The number of nitrogens with one attached hydrogen (secondary N) is 4. The molecular weight excluding hydrogens is 594 g/mol. The number of hydrogen-bond acceptors (Lipinski definition) is 10. The Morgan fingerprint density at radius 3 is 2.63 bits per heavy atom. The van der Waals surface area contributed by atoms with Crippen molar-refractivity contribution in [1.29, 1.82) is 0 Å². The molecule has 246 valence electrons. The molecule has 46 heavy (non-hydrogen) atoms. The van der Waals surface area contributed by atoms with Crippen LogP contribution in [0.1, 0.15) is 52.0 Å². The largest absolute Gasteiger partial charge is 0.495 e. The molecule has 2 aromatic rings. The number of imide groups is 1. The number of hydrogen-bond donors (Lipinski definition) is 5. The van der Waals surface area contributed by atoms with Gasteiger partial charge >= 0.3 is 0 Å². The first-order valence-corrected chi connectivity index (χ1v) is 15.5. The quantitative estimate of drug-likeness (QED) is 0.118. The molecule has 2 saturated heterocycles. The number of nitrogens with two attached hydrogens (primary N) is 1. The summed E-state index contributed by atoms with van der Waals surface area (Å²) in [7, 11) is 1.52. The van der Waals surface area contributed by atoms with Crippen LogP contribution in [0.2, 0.25) is 0 Å². The minimum absolute atomic E-state index is 0.113. The van der Waals surface area contributed by atoms with Gasteiger partial charge in [-0.1, -0.05) is 6.07 Å². The lowest BCUT2D eigenvalue weighted by atomic mass is 10.0. The third-order valence-electron chi connectivity index (χ3n) is 8.54. The van der Waals surface area contributed by atoms with Crippen LogP contribution in [0.5, 0.6) is 5.75 Å². The van der Waals surface area contributed by atoms with Crippen LogP contribution in [0.4, 0.5) is 11.4 Å². The number of benzene rings is 2. The average molecular weight is 636 g/mol. The van der Waals surface area contributed by atoms with Crippen LogP contribution in [0.15, 0.2) is 36.4 Å². The first-order chi connectivity index (χ1) is 22.2. The molecule has 0 bridgehead atoms. The van der Waals surface area contributed by atoms with Gasteiger partial charge in [-0.15, -0.1) is 0 Å². The molecule has 0 aliphatic carbocycles. The number of piperidine rings is 2. The lowest BCUT2D eigenvalue weighted by molar-refractivity contribution is -0.137. The molecule has 0 radical (unpaired) electrons. The molecule has 5 amide bonds. The smallest absolute Gasteiger partial charge is 0.255 e. The molecule has 2 fully saturated rings. The maximum absolute atomic E-state index is 13.0. The fraction of sp³-hybridized carbons (Fsp3) is 0.469. The predicted molar refractivity (Wildman–Crippen MR) is 169 cm³/mol. The normalized spacial score (nSPS) is 18.7. The Balaban J connectivity index is 0.946. The average Bonchev–Trinajstić information content (AvgIpc) is 3.38. The highest BCUT2D eigenvalue weighted by Gasteiger charge is 2.40. The molecule has 1 unspecified atom stereocenters. The van der Waals surface area contributed by atoms with E-state index in [0.29, 0.717) is 47.0 Å². The van der Waals surface area contributed by atoms with Gasteiger partial charge in [0.2, 0.25) is 17.7 Å². The number of nitrogen functional groups attached to an aromatic ring is 1. The van der Waals surface area contributed by atoms with Crippen molar-refractivity contribution in [1.82, 2.24) is 25.8 Å². The number of fused-ring (bicyclic) bond motifs is 1. The molecule has 3 heterocycles. The first kappa shape index (κ1) is 32.9. The summed E-state index contributed by atoms with van der Waals surface area (Å²) < 4.78 is 10.8. The van der Waals surface area contributed by atoms with Gasteiger partial charge in [-0.05, 0) is 49.6 Å². The van der Waals surface area contributed by atoms with E-state index in [1.165, 1.54) is 12.0 Å². The number of carbonyl (C=O) groups is 5. The molecular formula is C32H41N7O7. The van der Waals surface area contributed by atoms with E-state index in [1.807, 2.05) is 0 Å². The number of likely N-dealkylation sites (tertiary alicyclic amines) is 1. The highest BCUT2D eigenvalue weighted by Crippen LogP contribution is 2.32. The van der Waals surface area contributed by atoms with E-state index >= 15 is 0 Å². The SMILES string of the molecule is COc1cc(C(=O)NC2CCN(CCNCCOCC(=O)Nc3cccc4c3CN(C3CCC(=O)NC3=O)C4=O)CC2)ccc1N. The van der Waals surface area contributed by atoms with Gasteiger partial charge in [0.15, 0.2) is 0 Å². The van der Waals surface area contributed by atoms with Crippen molar-refractivity contribution in [2.24, 2.45) is 0 Å². The van der Waals surface area contributed by atoms with E-state index in [0.717, 1.165) is 39.0 Å². The summed E-state index contributed by atoms with van der Waals surface area (Å²) in [6.45, 7) is 4.37. The Kier molecular flexibility index (Phi) is 10.8. The Labute approximate surface area is 267 Å². The topological polar surface area (TPSA) is 184 Å². The molecule has 3 aliphatic heterocycles. The number of carbonyl (C=O) groups excluding carboxylic acids is 5. The zero-order chi connectivity index (χ0) is 32.6. The summed E-state index contributed by atoms with van der Waals surface area (Å²) in [5.41, 5.74) is 8.43. The Hall–Kier alpha value is -4.53. The van der Waals surface area contributed by atoms with Gasteiger partial charge in [-0.25, -0.2) is 0 Å². The minimum atomic E-state index is -0.720. The summed E-state index contributed by atoms with van der Waals surface area (Å²) in [6, 6.07) is 9.48. The molecule has 14 nitrogen and oxygen atoms in total. The summed E-state index contributed by atoms with van der Waals surface area (Å²) in [5, 5.41) is 11.5. The fourth-order valence-corrected chi connectivity index (χ4v) is 5.98. The van der Waals surface area contributed by atoms with Crippen molar-refractivity contribution in [3.63, 3.8) is 0 Å². The van der Waals surface area contributed by atoms with Gasteiger partial charge in [-0.3, -0.25) is 29.3 Å². The molecule has 2 aromatic carbocycles. The van der Waals surface area contributed by atoms with Crippen LogP contribution in [-0.2, 0) is 25.7 Å². The summed E-state index contributed by atoms with van der Waals surface area (Å²) in [5.74, 6) is -1.11. The molecule has 3 aliphatic rings. The zero-order valence-electron chi connectivity index (χ0n) is 25.9. The number of rotatable bonds is 13. The zero-order valence-corrected chi connectivity index (χ0v) is 25.9. The molecule has 1 atom stereocenters. The maximum atomic E-state index is 13.0. The number of nitrogens with zero attached hydrogens (tertiary/aromatic N) is 2. The third-order valence-corrected chi connectivity index (χ3v) is 8.54. The third kappa shape index (κ3) is 8.00. The fourth-order valence-electron chi connectivity index (χ4n) is 5.98. The van der Waals surface area contributed by atoms with Crippen molar-refractivity contribution in [3.8, 4) is 5.75 Å². The molecule has 0 spiro atoms. The molecule has 14 heteroatoms. The first-order valence-electron chi connectivity index (χ1n) is 15.5. The Bertz CT molecular complexity index is 1470. The van der Waals surface area contributed by atoms with E-state index in [9.17, 15) is 24.0 Å². The van der Waals surface area contributed by atoms with E-state index in [-0.39, 0.29) is 55.7 Å². The van der Waals surface area contributed by atoms with E-state index in [4.69, 9.17) is 15.2 Å².